The number of quaternary nitrogens is 1. The summed E-state index contributed by atoms with van der Waals surface area (Å²) in [7, 11) is 0. The molecule has 0 spiro atoms. The van der Waals surface area contributed by atoms with E-state index in [1.54, 1.807) is 0 Å². The first-order valence-corrected chi connectivity index (χ1v) is 7.86. The molecule has 22 heavy (non-hydrogen) atoms. The molecule has 116 valence electrons. The van der Waals surface area contributed by atoms with Crippen LogP contribution in [-0.4, -0.2) is 35.8 Å². The van der Waals surface area contributed by atoms with Crippen LogP contribution in [0, 0.1) is 13.8 Å². The van der Waals surface area contributed by atoms with Gasteiger partial charge in [0, 0.05) is 5.39 Å². The average molecular weight is 300 g/mol. The highest BCUT2D eigenvalue weighted by atomic mass is 15.4. The van der Waals surface area contributed by atoms with Crippen LogP contribution in [0.4, 0.5) is 5.95 Å². The molecule has 2 heterocycles. The Labute approximate surface area is 130 Å². The lowest BCUT2D eigenvalue weighted by Gasteiger charge is -2.19. The van der Waals surface area contributed by atoms with Crippen LogP contribution in [0.5, 0.6) is 0 Å². The van der Waals surface area contributed by atoms with Crippen molar-refractivity contribution < 1.29 is 9.89 Å². The molecule has 1 aliphatic heterocycles. The molecule has 1 aromatic heterocycles. The molecule has 0 saturated heterocycles. The molecule has 6 nitrogen and oxygen atoms in total. The van der Waals surface area contributed by atoms with Gasteiger partial charge < -0.3 is 0 Å². The van der Waals surface area contributed by atoms with Gasteiger partial charge in [0.2, 0.25) is 0 Å². The Morgan fingerprint density at radius 1 is 1.32 bits per heavy atom. The lowest BCUT2D eigenvalue weighted by Crippen LogP contribution is -3.24. The first-order chi connectivity index (χ1) is 10.7. The van der Waals surface area contributed by atoms with E-state index in [4.69, 9.17) is 0 Å². The predicted molar refractivity (Wildman–Crippen MR) is 87.6 cm³/mol. The number of aromatic nitrogens is 2. The first kappa shape index (κ1) is 14.7. The van der Waals surface area contributed by atoms with Gasteiger partial charge in [-0.25, -0.2) is 20.6 Å². The molecular formula is C16H24N6+2. The standard InChI is InChI=1S/C16H22N6/c1-4-7-22-9-17-15(18-10-22)21-16-19-12(3)13-6-5-11(2)8-14(13)20-16/h5-6,8H,4,7,9-10H2,1-3H3,(H2,17,18,19,20,21)/p+2. The van der Waals surface area contributed by atoms with Crippen LogP contribution in [0.25, 0.3) is 10.9 Å². The van der Waals surface area contributed by atoms with E-state index < -0.39 is 0 Å². The Morgan fingerprint density at radius 2 is 2.18 bits per heavy atom. The summed E-state index contributed by atoms with van der Waals surface area (Å²) in [6.45, 7) is 9.29. The molecule has 1 atom stereocenters. The number of benzene rings is 1. The molecular weight excluding hydrogens is 276 g/mol. The summed E-state index contributed by atoms with van der Waals surface area (Å²) < 4.78 is 0. The Balaban J connectivity index is 1.80. The van der Waals surface area contributed by atoms with Gasteiger partial charge in [-0.2, -0.15) is 4.98 Å². The van der Waals surface area contributed by atoms with Gasteiger partial charge in [0.05, 0.1) is 17.8 Å². The van der Waals surface area contributed by atoms with Gasteiger partial charge in [-0.15, -0.1) is 0 Å². The predicted octanol–water partition coefficient (Wildman–Crippen LogP) is -1.09. The largest absolute Gasteiger partial charge is 0.359 e. The molecule has 0 aliphatic carbocycles. The highest BCUT2D eigenvalue weighted by Gasteiger charge is 2.20. The van der Waals surface area contributed by atoms with E-state index in [0.717, 1.165) is 42.4 Å². The monoisotopic (exact) mass is 300 g/mol. The third kappa shape index (κ3) is 3.17. The summed E-state index contributed by atoms with van der Waals surface area (Å²) >= 11 is 0. The highest BCUT2D eigenvalue weighted by molar-refractivity contribution is 5.89. The Bertz CT molecular complexity index is 709. The van der Waals surface area contributed by atoms with Gasteiger partial charge in [-0.3, -0.25) is 4.90 Å². The molecule has 1 aromatic carbocycles. The van der Waals surface area contributed by atoms with Gasteiger partial charge in [-0.1, -0.05) is 19.1 Å². The Morgan fingerprint density at radius 3 is 2.91 bits per heavy atom. The molecule has 0 radical (unpaired) electrons. The smallest absolute Gasteiger partial charge is 0.277 e. The average Bonchev–Trinajstić information content (AvgIpc) is 2.49. The van der Waals surface area contributed by atoms with Gasteiger partial charge in [0.15, 0.2) is 13.3 Å². The van der Waals surface area contributed by atoms with Crippen molar-refractivity contribution in [1.29, 1.82) is 0 Å². The van der Waals surface area contributed by atoms with Crippen LogP contribution in [0.15, 0.2) is 18.2 Å². The molecule has 0 amide bonds. The van der Waals surface area contributed by atoms with Crippen molar-refractivity contribution in [2.24, 2.45) is 0 Å². The molecule has 1 aliphatic rings. The first-order valence-electron chi connectivity index (χ1n) is 7.86. The van der Waals surface area contributed by atoms with Gasteiger partial charge in [0.1, 0.15) is 0 Å². The van der Waals surface area contributed by atoms with Crippen molar-refractivity contribution in [2.45, 2.75) is 27.2 Å². The van der Waals surface area contributed by atoms with Crippen molar-refractivity contribution in [2.75, 3.05) is 25.2 Å². The van der Waals surface area contributed by atoms with Crippen LogP contribution in [0.2, 0.25) is 0 Å². The minimum atomic E-state index is 0.629. The number of hydrogen-bond donors (Lipinski definition) is 4. The third-order valence-electron chi connectivity index (χ3n) is 3.91. The molecule has 3 rings (SSSR count). The number of rotatable bonds is 3. The topological polar surface area (TPSA) is 68.2 Å². The summed E-state index contributed by atoms with van der Waals surface area (Å²) in [6, 6.07) is 6.27. The number of nitrogens with zero attached hydrogens (tertiary/aromatic N) is 2. The summed E-state index contributed by atoms with van der Waals surface area (Å²) in [5, 5.41) is 7.71. The fourth-order valence-corrected chi connectivity index (χ4v) is 2.74. The van der Waals surface area contributed by atoms with Gasteiger partial charge in [0.25, 0.3) is 5.95 Å². The molecule has 0 fully saturated rings. The van der Waals surface area contributed by atoms with Crippen LogP contribution < -0.4 is 20.5 Å². The highest BCUT2D eigenvalue weighted by Crippen LogP contribution is 2.18. The van der Waals surface area contributed by atoms with Crippen molar-refractivity contribution >= 4 is 22.8 Å². The van der Waals surface area contributed by atoms with E-state index in [2.05, 4.69) is 57.6 Å². The zero-order valence-corrected chi connectivity index (χ0v) is 13.5. The van der Waals surface area contributed by atoms with Gasteiger partial charge in [-0.05, 0) is 31.9 Å². The summed E-state index contributed by atoms with van der Waals surface area (Å²) in [6.07, 6.45) is 1.19. The van der Waals surface area contributed by atoms with E-state index >= 15 is 0 Å². The number of fused-ring (bicyclic) bond motifs is 1. The zero-order chi connectivity index (χ0) is 15.5. The van der Waals surface area contributed by atoms with E-state index in [-0.39, 0.29) is 0 Å². The number of hydrogen-bond acceptors (Lipinski definition) is 4. The summed E-state index contributed by atoms with van der Waals surface area (Å²) in [4.78, 5) is 14.0. The van der Waals surface area contributed by atoms with Crippen molar-refractivity contribution in [3.63, 3.8) is 0 Å². The minimum absolute atomic E-state index is 0.629. The molecule has 0 saturated carbocycles. The van der Waals surface area contributed by atoms with E-state index in [9.17, 15) is 0 Å². The normalized spacial score (nSPS) is 18.0. The van der Waals surface area contributed by atoms with Crippen LogP contribution in [-0.2, 0) is 0 Å². The summed E-state index contributed by atoms with van der Waals surface area (Å²) in [5.41, 5.74) is 3.17. The second-order valence-corrected chi connectivity index (χ2v) is 5.86. The fourth-order valence-electron chi connectivity index (χ4n) is 2.74. The zero-order valence-electron chi connectivity index (χ0n) is 13.5. The van der Waals surface area contributed by atoms with Crippen molar-refractivity contribution in [1.82, 2.24) is 15.3 Å². The number of nitrogens with one attached hydrogen (secondary N) is 4. The van der Waals surface area contributed by atoms with E-state index in [1.807, 2.05) is 6.92 Å². The van der Waals surface area contributed by atoms with Crippen LogP contribution in [0.3, 0.4) is 0 Å². The number of anilines is 1. The minimum Gasteiger partial charge on any atom is -0.277 e. The Kier molecular flexibility index (Phi) is 4.20. The molecule has 6 heteroatoms. The third-order valence-corrected chi connectivity index (χ3v) is 3.91. The van der Waals surface area contributed by atoms with Crippen molar-refractivity contribution in [3.05, 3.63) is 29.5 Å². The SMILES string of the molecule is CCC[NH+]1CNC(Nc2nc(C)c3ccc(C)cc3n2)=[NH+]C1. The van der Waals surface area contributed by atoms with Crippen LogP contribution >= 0.6 is 0 Å². The molecule has 0 bridgehead atoms. The maximum absolute atomic E-state index is 4.62. The maximum Gasteiger partial charge on any atom is 0.359 e. The fraction of sp³-hybridized carbons (Fsp3) is 0.438. The molecule has 4 N–H and O–H groups in total. The molecule has 2 aromatic rings. The second kappa shape index (κ2) is 6.27. The van der Waals surface area contributed by atoms with E-state index in [1.165, 1.54) is 16.9 Å². The number of aryl methyl sites for hydroxylation is 2. The second-order valence-electron chi connectivity index (χ2n) is 5.86. The Hall–Kier alpha value is -2.21. The van der Waals surface area contributed by atoms with Crippen LogP contribution in [0.1, 0.15) is 24.6 Å². The lowest BCUT2D eigenvalue weighted by atomic mass is 10.1. The lowest BCUT2D eigenvalue weighted by molar-refractivity contribution is -0.980. The van der Waals surface area contributed by atoms with E-state index in [0.29, 0.717) is 5.95 Å². The number of guanidine groups is 1. The quantitative estimate of drug-likeness (QED) is 0.581. The van der Waals surface area contributed by atoms with Crippen molar-refractivity contribution in [3.8, 4) is 0 Å². The van der Waals surface area contributed by atoms with Gasteiger partial charge >= 0.3 is 5.96 Å². The molecule has 1 unspecified atom stereocenters. The maximum atomic E-state index is 4.62. The summed E-state index contributed by atoms with van der Waals surface area (Å²) in [5.74, 6) is 1.51.